The van der Waals surface area contributed by atoms with Gasteiger partial charge >= 0.3 is 12.2 Å². The van der Waals surface area contributed by atoms with E-state index < -0.39 is 23.6 Å². The number of urea groups is 1. The highest BCUT2D eigenvalue weighted by Gasteiger charge is 2.30. The minimum absolute atomic E-state index is 0.0115. The lowest BCUT2D eigenvalue weighted by molar-refractivity contribution is -0.137. The number of ether oxygens (including phenoxy) is 1. The third-order valence-electron chi connectivity index (χ3n) is 5.25. The zero-order valence-corrected chi connectivity index (χ0v) is 17.1. The fourth-order valence-corrected chi connectivity index (χ4v) is 3.58. The van der Waals surface area contributed by atoms with Crippen molar-refractivity contribution in [2.45, 2.75) is 38.1 Å². The van der Waals surface area contributed by atoms with Gasteiger partial charge in [-0.05, 0) is 48.2 Å². The maximum atomic E-state index is 13.8. The van der Waals surface area contributed by atoms with E-state index in [1.54, 1.807) is 6.07 Å². The quantitative estimate of drug-likeness (QED) is 0.660. The van der Waals surface area contributed by atoms with Crippen molar-refractivity contribution in [2.24, 2.45) is 0 Å². The second-order valence-corrected chi connectivity index (χ2v) is 7.54. The molecule has 0 radical (unpaired) electrons. The average Bonchev–Trinajstić information content (AvgIpc) is 2.73. The first-order valence-corrected chi connectivity index (χ1v) is 10.00. The number of halogens is 4. The Balaban J connectivity index is 1.41. The van der Waals surface area contributed by atoms with Gasteiger partial charge in [0.1, 0.15) is 0 Å². The minimum atomic E-state index is -4.41. The summed E-state index contributed by atoms with van der Waals surface area (Å²) in [7, 11) is 1.42. The highest BCUT2D eigenvalue weighted by molar-refractivity contribution is 5.74. The molecule has 0 saturated carbocycles. The van der Waals surface area contributed by atoms with Gasteiger partial charge in [0, 0.05) is 32.2 Å². The largest absolute Gasteiger partial charge is 0.494 e. The summed E-state index contributed by atoms with van der Waals surface area (Å²) in [6.45, 7) is 2.10. The normalized spacial score (nSPS) is 15.5. The fraction of sp³-hybridized carbons (Fsp3) is 0.409. The molecule has 0 spiro atoms. The third-order valence-corrected chi connectivity index (χ3v) is 5.25. The molecule has 2 aromatic carbocycles. The molecule has 1 fully saturated rings. The average molecular weight is 439 g/mol. The zero-order valence-electron chi connectivity index (χ0n) is 17.1. The van der Waals surface area contributed by atoms with E-state index in [4.69, 9.17) is 4.74 Å². The topological polar surface area (TPSA) is 53.6 Å². The molecule has 2 amide bonds. The summed E-state index contributed by atoms with van der Waals surface area (Å²) in [4.78, 5) is 14.3. The molecular formula is C22H25F4N3O2. The van der Waals surface area contributed by atoms with E-state index in [-0.39, 0.29) is 18.3 Å². The van der Waals surface area contributed by atoms with Gasteiger partial charge in [0.25, 0.3) is 0 Å². The Morgan fingerprint density at radius 2 is 1.87 bits per heavy atom. The number of methoxy groups -OCH3 is 1. The molecule has 1 heterocycles. The second kappa shape index (κ2) is 10.00. The van der Waals surface area contributed by atoms with Crippen molar-refractivity contribution in [3.05, 3.63) is 65.0 Å². The molecule has 2 N–H and O–H groups in total. The van der Waals surface area contributed by atoms with Crippen LogP contribution in [-0.2, 0) is 19.3 Å². The van der Waals surface area contributed by atoms with E-state index in [1.807, 2.05) is 6.07 Å². The second-order valence-electron chi connectivity index (χ2n) is 7.54. The van der Waals surface area contributed by atoms with E-state index in [9.17, 15) is 22.4 Å². The molecule has 0 aromatic heterocycles. The molecule has 168 valence electrons. The summed E-state index contributed by atoms with van der Waals surface area (Å²) >= 11 is 0. The number of hydrogen-bond acceptors (Lipinski definition) is 3. The Hall–Kier alpha value is -2.81. The first kappa shape index (κ1) is 22.9. The number of carbonyl (C=O) groups is 1. The van der Waals surface area contributed by atoms with Gasteiger partial charge in [-0.3, -0.25) is 4.90 Å². The van der Waals surface area contributed by atoms with Crippen molar-refractivity contribution in [1.82, 2.24) is 15.5 Å². The number of carbonyl (C=O) groups excluding carboxylic acids is 1. The number of rotatable bonds is 6. The van der Waals surface area contributed by atoms with E-state index in [0.29, 0.717) is 12.1 Å². The molecule has 0 bridgehead atoms. The molecule has 0 unspecified atom stereocenters. The predicted molar refractivity (Wildman–Crippen MR) is 108 cm³/mol. The molecule has 2 aromatic rings. The Kier molecular flexibility index (Phi) is 7.37. The number of nitrogens with zero attached hydrogens (tertiary/aromatic N) is 1. The smallest absolute Gasteiger partial charge is 0.416 e. The van der Waals surface area contributed by atoms with Crippen LogP contribution in [0.3, 0.4) is 0 Å². The third kappa shape index (κ3) is 6.58. The monoisotopic (exact) mass is 439 g/mol. The van der Waals surface area contributed by atoms with E-state index in [1.165, 1.54) is 25.3 Å². The molecule has 9 heteroatoms. The van der Waals surface area contributed by atoms with Gasteiger partial charge < -0.3 is 15.4 Å². The predicted octanol–water partition coefficient (Wildman–Crippen LogP) is 4.32. The van der Waals surface area contributed by atoms with Gasteiger partial charge in [-0.25, -0.2) is 9.18 Å². The van der Waals surface area contributed by atoms with Crippen LogP contribution in [0.5, 0.6) is 5.75 Å². The van der Waals surface area contributed by atoms with Crippen molar-refractivity contribution in [2.75, 3.05) is 20.2 Å². The summed E-state index contributed by atoms with van der Waals surface area (Å²) in [5.41, 5.74) is 0.492. The summed E-state index contributed by atoms with van der Waals surface area (Å²) in [6.07, 6.45) is -2.95. The Morgan fingerprint density at radius 1 is 1.13 bits per heavy atom. The first-order valence-electron chi connectivity index (χ1n) is 10.00. The Labute approximate surface area is 178 Å². The van der Waals surface area contributed by atoms with Crippen LogP contribution >= 0.6 is 0 Å². The highest BCUT2D eigenvalue weighted by Crippen LogP contribution is 2.29. The van der Waals surface area contributed by atoms with E-state index >= 15 is 0 Å². The van der Waals surface area contributed by atoms with Crippen LogP contribution in [0.15, 0.2) is 42.5 Å². The van der Waals surface area contributed by atoms with Crippen LogP contribution < -0.4 is 15.4 Å². The summed E-state index contributed by atoms with van der Waals surface area (Å²) in [5.74, 6) is -0.184. The van der Waals surface area contributed by atoms with Crippen LogP contribution in [0.1, 0.15) is 29.5 Å². The van der Waals surface area contributed by atoms with Gasteiger partial charge in [-0.1, -0.05) is 18.2 Å². The Bertz CT molecular complexity index is 897. The fourth-order valence-electron chi connectivity index (χ4n) is 3.58. The van der Waals surface area contributed by atoms with E-state index in [0.717, 1.165) is 43.6 Å². The molecule has 1 saturated heterocycles. The van der Waals surface area contributed by atoms with Crippen LogP contribution in [0.25, 0.3) is 0 Å². The molecule has 0 atom stereocenters. The lowest BCUT2D eigenvalue weighted by Gasteiger charge is -2.32. The van der Waals surface area contributed by atoms with Crippen LogP contribution in [0.2, 0.25) is 0 Å². The van der Waals surface area contributed by atoms with Crippen molar-refractivity contribution in [1.29, 1.82) is 0 Å². The number of nitrogens with one attached hydrogen (secondary N) is 2. The van der Waals surface area contributed by atoms with Crippen LogP contribution in [-0.4, -0.2) is 37.2 Å². The van der Waals surface area contributed by atoms with Gasteiger partial charge in [-0.2, -0.15) is 13.2 Å². The molecule has 0 aliphatic carbocycles. The maximum Gasteiger partial charge on any atom is 0.416 e. The standard InChI is InChI=1S/C22H25F4N3O2/c1-31-20-6-5-16(12-19(20)23)14-29-9-7-18(8-10-29)28-21(30)27-13-15-3-2-4-17(11-15)22(24,25)26/h2-6,11-12,18H,7-10,13-14H2,1H3,(H2,27,28,30). The number of benzene rings is 2. The van der Waals surface area contributed by atoms with E-state index in [2.05, 4.69) is 15.5 Å². The SMILES string of the molecule is COc1ccc(CN2CCC(NC(=O)NCc3cccc(C(F)(F)F)c3)CC2)cc1F. The maximum absolute atomic E-state index is 13.8. The summed E-state index contributed by atoms with van der Waals surface area (Å²) < 4.78 is 57.1. The first-order chi connectivity index (χ1) is 14.7. The molecule has 5 nitrogen and oxygen atoms in total. The lowest BCUT2D eigenvalue weighted by atomic mass is 10.0. The number of hydrogen-bond donors (Lipinski definition) is 2. The van der Waals surface area contributed by atoms with Crippen molar-refractivity contribution in [3.63, 3.8) is 0 Å². The highest BCUT2D eigenvalue weighted by atomic mass is 19.4. The van der Waals surface area contributed by atoms with Gasteiger partial charge in [0.05, 0.1) is 12.7 Å². The van der Waals surface area contributed by atoms with Gasteiger partial charge in [-0.15, -0.1) is 0 Å². The van der Waals surface area contributed by atoms with Gasteiger partial charge in [0.2, 0.25) is 0 Å². The minimum Gasteiger partial charge on any atom is -0.494 e. The molecular weight excluding hydrogens is 414 g/mol. The number of amides is 2. The lowest BCUT2D eigenvalue weighted by Crippen LogP contribution is -2.47. The molecule has 3 rings (SSSR count). The van der Waals surface area contributed by atoms with Crippen molar-refractivity contribution < 1.29 is 27.1 Å². The number of piperidine rings is 1. The van der Waals surface area contributed by atoms with Crippen molar-refractivity contribution in [3.8, 4) is 5.75 Å². The Morgan fingerprint density at radius 3 is 2.52 bits per heavy atom. The van der Waals surface area contributed by atoms with Crippen LogP contribution in [0.4, 0.5) is 22.4 Å². The summed E-state index contributed by atoms with van der Waals surface area (Å²) in [5, 5.41) is 5.48. The zero-order chi connectivity index (χ0) is 22.4. The molecule has 31 heavy (non-hydrogen) atoms. The number of alkyl halides is 3. The number of likely N-dealkylation sites (tertiary alicyclic amines) is 1. The molecule has 1 aliphatic rings. The van der Waals surface area contributed by atoms with Gasteiger partial charge in [0.15, 0.2) is 11.6 Å². The summed E-state index contributed by atoms with van der Waals surface area (Å²) in [6, 6.07) is 9.35. The molecule has 1 aliphatic heterocycles. The van der Waals surface area contributed by atoms with Crippen LogP contribution in [0, 0.1) is 5.82 Å². The van der Waals surface area contributed by atoms with Crippen molar-refractivity contribution >= 4 is 6.03 Å².